The van der Waals surface area contributed by atoms with Gasteiger partial charge in [0, 0.05) is 5.30 Å². The van der Waals surface area contributed by atoms with Crippen LogP contribution in [0.2, 0.25) is 0 Å². The second kappa shape index (κ2) is 15.5. The fourth-order valence-corrected chi connectivity index (χ4v) is 7.29. The van der Waals surface area contributed by atoms with E-state index in [9.17, 15) is 14.4 Å². The van der Waals surface area contributed by atoms with Crippen LogP contribution >= 0.6 is 7.29 Å². The quantitative estimate of drug-likeness (QED) is 0.150. The van der Waals surface area contributed by atoms with Crippen LogP contribution < -0.4 is 21.0 Å². The molecule has 4 aromatic rings. The van der Waals surface area contributed by atoms with Crippen LogP contribution in [0.1, 0.15) is 22.5 Å². The minimum atomic E-state index is -3.84. The Kier molecular flexibility index (Phi) is 11.2. The van der Waals surface area contributed by atoms with Crippen molar-refractivity contribution in [1.82, 2.24) is 15.7 Å². The molecular formula is C33H34N3O6P. The number of nitrogens with one attached hydrogen (secondary N) is 3. The number of benzene rings is 4. The van der Waals surface area contributed by atoms with Gasteiger partial charge in [0.15, 0.2) is 0 Å². The summed E-state index contributed by atoms with van der Waals surface area (Å²) in [4.78, 5) is 38.5. The molecular weight excluding hydrogens is 565 g/mol. The summed E-state index contributed by atoms with van der Waals surface area (Å²) in [5.41, 5.74) is 2.19. The SMILES string of the molecule is COC(=O)[C@H](Cc1ccccc1)NP(=O)(c1ccccc1)C(NC(=O)CNC(=O)OCc1ccccc1)c1ccccc1. The Hall–Kier alpha value is -4.72. The zero-order chi connectivity index (χ0) is 30.5. The number of carbonyl (C=O) groups is 3. The number of alkyl carbamates (subject to hydrolysis) is 1. The molecule has 43 heavy (non-hydrogen) atoms. The lowest BCUT2D eigenvalue weighted by Crippen LogP contribution is -2.45. The maximum absolute atomic E-state index is 15.2. The fraction of sp³-hybridized carbons (Fsp3) is 0.182. The molecule has 0 saturated heterocycles. The first-order valence-electron chi connectivity index (χ1n) is 13.7. The van der Waals surface area contributed by atoms with E-state index in [0.717, 1.165) is 11.1 Å². The number of esters is 1. The Bertz CT molecular complexity index is 1520. The lowest BCUT2D eigenvalue weighted by atomic mass is 10.1. The maximum atomic E-state index is 15.2. The molecule has 0 heterocycles. The van der Waals surface area contributed by atoms with Crippen LogP contribution in [0.3, 0.4) is 0 Å². The maximum Gasteiger partial charge on any atom is 0.407 e. The zero-order valence-corrected chi connectivity index (χ0v) is 24.6. The van der Waals surface area contributed by atoms with Gasteiger partial charge >= 0.3 is 12.1 Å². The standard InChI is InChI=1S/C33H34N3O6P/c1-41-32(38)29(22-25-14-6-2-7-15-25)36-43(40,28-20-12-5-13-21-28)31(27-18-10-4-11-19-27)35-30(37)23-34-33(39)42-24-26-16-8-3-9-17-26/h2-21,29,31H,22-24H2,1H3,(H,34,39)(H,35,37)(H,36,40)/t29-,31?,43?/m0/s1. The van der Waals surface area contributed by atoms with Crippen LogP contribution in [0.15, 0.2) is 121 Å². The van der Waals surface area contributed by atoms with Gasteiger partial charge in [0.25, 0.3) is 0 Å². The van der Waals surface area contributed by atoms with Crippen LogP contribution in [-0.4, -0.2) is 37.7 Å². The van der Waals surface area contributed by atoms with Crippen molar-refractivity contribution < 1.29 is 28.4 Å². The monoisotopic (exact) mass is 599 g/mol. The van der Waals surface area contributed by atoms with Gasteiger partial charge in [-0.3, -0.25) is 14.2 Å². The van der Waals surface area contributed by atoms with E-state index >= 15 is 4.57 Å². The van der Waals surface area contributed by atoms with E-state index in [2.05, 4.69) is 15.7 Å². The molecule has 0 radical (unpaired) electrons. The van der Waals surface area contributed by atoms with E-state index in [1.165, 1.54) is 7.11 Å². The van der Waals surface area contributed by atoms with Crippen LogP contribution in [0.25, 0.3) is 0 Å². The number of amides is 2. The minimum absolute atomic E-state index is 0.0460. The smallest absolute Gasteiger partial charge is 0.407 e. The first-order valence-corrected chi connectivity index (χ1v) is 15.5. The van der Waals surface area contributed by atoms with Crippen molar-refractivity contribution in [3.05, 3.63) is 138 Å². The highest BCUT2D eigenvalue weighted by molar-refractivity contribution is 7.70. The average Bonchev–Trinajstić information content (AvgIpc) is 3.06. The highest BCUT2D eigenvalue weighted by Crippen LogP contribution is 2.53. The molecule has 0 bridgehead atoms. The first kappa shape index (κ1) is 31.2. The minimum Gasteiger partial charge on any atom is -0.468 e. The molecule has 10 heteroatoms. The zero-order valence-electron chi connectivity index (χ0n) is 23.7. The van der Waals surface area contributed by atoms with Gasteiger partial charge < -0.3 is 20.1 Å². The molecule has 0 aliphatic rings. The molecule has 0 aliphatic heterocycles. The van der Waals surface area contributed by atoms with E-state index in [0.29, 0.717) is 10.9 Å². The van der Waals surface area contributed by atoms with Crippen molar-refractivity contribution in [2.24, 2.45) is 0 Å². The molecule has 222 valence electrons. The van der Waals surface area contributed by atoms with E-state index in [-0.39, 0.29) is 13.0 Å². The molecule has 4 rings (SSSR count). The molecule has 0 aliphatic carbocycles. The summed E-state index contributed by atoms with van der Waals surface area (Å²) in [5.74, 6) is -2.28. The third-order valence-corrected chi connectivity index (χ3v) is 9.55. The number of hydrogen-bond acceptors (Lipinski definition) is 6. The van der Waals surface area contributed by atoms with Gasteiger partial charge in [-0.2, -0.15) is 0 Å². The second-order valence-corrected chi connectivity index (χ2v) is 12.3. The summed E-state index contributed by atoms with van der Waals surface area (Å²) in [6, 6.07) is 34.9. The Morgan fingerprint density at radius 1 is 0.744 bits per heavy atom. The Morgan fingerprint density at radius 2 is 1.28 bits per heavy atom. The summed E-state index contributed by atoms with van der Waals surface area (Å²) in [7, 11) is -2.57. The molecule has 0 fully saturated rings. The summed E-state index contributed by atoms with van der Waals surface area (Å²) >= 11 is 0. The highest BCUT2D eigenvalue weighted by Gasteiger charge is 2.41. The summed E-state index contributed by atoms with van der Waals surface area (Å²) in [6.45, 7) is -0.374. The molecule has 0 aromatic heterocycles. The van der Waals surface area contributed by atoms with Crippen molar-refractivity contribution in [2.75, 3.05) is 13.7 Å². The second-order valence-electron chi connectivity index (χ2n) is 9.68. The predicted octanol–water partition coefficient (Wildman–Crippen LogP) is 4.71. The number of rotatable bonds is 13. The topological polar surface area (TPSA) is 123 Å². The van der Waals surface area contributed by atoms with Crippen LogP contribution in [-0.2, 0) is 36.7 Å². The third-order valence-electron chi connectivity index (χ3n) is 6.64. The van der Waals surface area contributed by atoms with Crippen molar-refractivity contribution in [2.45, 2.75) is 24.9 Å². The number of methoxy groups -OCH3 is 1. The van der Waals surface area contributed by atoms with Crippen molar-refractivity contribution in [3.63, 3.8) is 0 Å². The molecule has 0 saturated carbocycles. The lowest BCUT2D eigenvalue weighted by molar-refractivity contribution is -0.142. The molecule has 2 amide bonds. The molecule has 3 atom stereocenters. The first-order chi connectivity index (χ1) is 20.9. The van der Waals surface area contributed by atoms with E-state index in [1.807, 2.05) is 60.7 Å². The van der Waals surface area contributed by atoms with E-state index in [1.54, 1.807) is 60.7 Å². The Balaban J connectivity index is 1.59. The molecule has 3 N–H and O–H groups in total. The van der Waals surface area contributed by atoms with Crippen molar-refractivity contribution in [1.29, 1.82) is 0 Å². The molecule has 9 nitrogen and oxygen atoms in total. The lowest BCUT2D eigenvalue weighted by Gasteiger charge is -2.32. The molecule has 2 unspecified atom stereocenters. The van der Waals surface area contributed by atoms with Crippen LogP contribution in [0.5, 0.6) is 0 Å². The fourth-order valence-electron chi connectivity index (χ4n) is 4.50. The van der Waals surface area contributed by atoms with E-state index in [4.69, 9.17) is 9.47 Å². The van der Waals surface area contributed by atoms with Crippen LogP contribution in [0.4, 0.5) is 4.79 Å². The van der Waals surface area contributed by atoms with Crippen LogP contribution in [0, 0.1) is 0 Å². The van der Waals surface area contributed by atoms with Gasteiger partial charge in [0.2, 0.25) is 13.2 Å². The third kappa shape index (κ3) is 8.88. The summed E-state index contributed by atoms with van der Waals surface area (Å²) < 4.78 is 25.5. The van der Waals surface area contributed by atoms with Crippen molar-refractivity contribution >= 4 is 30.6 Å². The number of carbonyl (C=O) groups excluding carboxylic acids is 3. The van der Waals surface area contributed by atoms with E-state index < -0.39 is 43.6 Å². The van der Waals surface area contributed by atoms with Gasteiger partial charge in [0.05, 0.1) is 7.11 Å². The normalized spacial score (nSPS) is 13.5. The van der Waals surface area contributed by atoms with Gasteiger partial charge in [-0.1, -0.05) is 121 Å². The Labute approximate surface area is 251 Å². The van der Waals surface area contributed by atoms with Gasteiger partial charge in [-0.25, -0.2) is 9.88 Å². The molecule has 0 spiro atoms. The Morgan fingerprint density at radius 3 is 1.86 bits per heavy atom. The van der Waals surface area contributed by atoms with Gasteiger partial charge in [0.1, 0.15) is 25.0 Å². The summed E-state index contributed by atoms with van der Waals surface area (Å²) in [6.07, 6.45) is -0.567. The van der Waals surface area contributed by atoms with Gasteiger partial charge in [-0.05, 0) is 23.1 Å². The average molecular weight is 600 g/mol. The highest BCUT2D eigenvalue weighted by atomic mass is 31.2. The number of hydrogen-bond donors (Lipinski definition) is 3. The van der Waals surface area contributed by atoms with Gasteiger partial charge in [-0.15, -0.1) is 0 Å². The largest absolute Gasteiger partial charge is 0.468 e. The van der Waals surface area contributed by atoms with Crippen molar-refractivity contribution in [3.8, 4) is 0 Å². The number of ether oxygens (including phenoxy) is 2. The molecule has 4 aromatic carbocycles. The predicted molar refractivity (Wildman–Crippen MR) is 165 cm³/mol. The summed E-state index contributed by atoms with van der Waals surface area (Å²) in [5, 5.41) is 8.80.